The number of aryl methyl sites for hydroxylation is 1. The van der Waals surface area contributed by atoms with Gasteiger partial charge in [-0.3, -0.25) is 14.5 Å². The minimum Gasteiger partial charge on any atom is -0.497 e. The highest BCUT2D eigenvalue weighted by Gasteiger charge is 2.30. The van der Waals surface area contributed by atoms with Gasteiger partial charge in [-0.25, -0.2) is 0 Å². The van der Waals surface area contributed by atoms with Crippen LogP contribution in [0.15, 0.2) is 42.5 Å². The number of rotatable bonds is 7. The van der Waals surface area contributed by atoms with Crippen molar-refractivity contribution in [2.45, 2.75) is 45.2 Å². The summed E-state index contributed by atoms with van der Waals surface area (Å²) in [6.07, 6.45) is 3.33. The number of benzene rings is 2. The predicted molar refractivity (Wildman–Crippen MR) is 136 cm³/mol. The summed E-state index contributed by atoms with van der Waals surface area (Å²) < 4.78 is 10.6. The van der Waals surface area contributed by atoms with Gasteiger partial charge in [0.05, 0.1) is 14.2 Å². The number of amides is 2. The van der Waals surface area contributed by atoms with Crippen molar-refractivity contribution >= 4 is 11.8 Å². The maximum Gasteiger partial charge on any atom is 0.254 e. The van der Waals surface area contributed by atoms with E-state index in [9.17, 15) is 9.59 Å². The lowest BCUT2D eigenvalue weighted by Gasteiger charge is -2.35. The van der Waals surface area contributed by atoms with Crippen LogP contribution in [0.2, 0.25) is 0 Å². The standard InChI is InChI=1S/C28H37N3O4/c1-20-6-4-5-7-22(20)19-30-12-10-24(11-13-30)29-27(32)21-8-14-31(15-9-21)28(33)23-16-25(34-2)18-26(17-23)35-3/h4-7,16-18,21,24H,8-15,19H2,1-3H3,(H,29,32). The van der Waals surface area contributed by atoms with E-state index in [0.717, 1.165) is 32.5 Å². The number of methoxy groups -OCH3 is 2. The van der Waals surface area contributed by atoms with E-state index in [-0.39, 0.29) is 23.8 Å². The SMILES string of the molecule is COc1cc(OC)cc(C(=O)N2CCC(C(=O)NC3CCN(Cc4ccccc4C)CC3)CC2)c1. The molecule has 0 aromatic heterocycles. The molecule has 188 valence electrons. The minimum absolute atomic E-state index is 0.0381. The molecule has 0 saturated carbocycles. The average Bonchev–Trinajstić information content (AvgIpc) is 2.90. The fourth-order valence-corrected chi connectivity index (χ4v) is 5.04. The second-order valence-electron chi connectivity index (χ2n) is 9.65. The third-order valence-corrected chi connectivity index (χ3v) is 7.34. The van der Waals surface area contributed by atoms with Crippen LogP contribution in [0.5, 0.6) is 11.5 Å². The third kappa shape index (κ3) is 6.34. The smallest absolute Gasteiger partial charge is 0.254 e. The average molecular weight is 480 g/mol. The number of ether oxygens (including phenoxy) is 2. The highest BCUT2D eigenvalue weighted by Crippen LogP contribution is 2.26. The zero-order valence-corrected chi connectivity index (χ0v) is 21.1. The Kier molecular flexibility index (Phi) is 8.29. The largest absolute Gasteiger partial charge is 0.497 e. The van der Waals surface area contributed by atoms with Crippen molar-refractivity contribution in [3.05, 3.63) is 59.2 Å². The van der Waals surface area contributed by atoms with Crippen molar-refractivity contribution in [3.63, 3.8) is 0 Å². The summed E-state index contributed by atoms with van der Waals surface area (Å²) in [5.41, 5.74) is 3.25. The summed E-state index contributed by atoms with van der Waals surface area (Å²) >= 11 is 0. The van der Waals surface area contributed by atoms with E-state index in [1.54, 1.807) is 32.4 Å². The molecule has 7 nitrogen and oxygen atoms in total. The predicted octanol–water partition coefficient (Wildman–Crippen LogP) is 3.65. The lowest BCUT2D eigenvalue weighted by atomic mass is 9.94. The molecule has 2 saturated heterocycles. The molecule has 2 fully saturated rings. The Morgan fingerprint density at radius 1 is 0.914 bits per heavy atom. The summed E-state index contributed by atoms with van der Waals surface area (Å²) in [7, 11) is 3.14. The molecule has 0 bridgehead atoms. The van der Waals surface area contributed by atoms with Crippen LogP contribution in [0.3, 0.4) is 0 Å². The van der Waals surface area contributed by atoms with Crippen molar-refractivity contribution < 1.29 is 19.1 Å². The van der Waals surface area contributed by atoms with Gasteiger partial charge in [0.15, 0.2) is 0 Å². The van der Waals surface area contributed by atoms with Gasteiger partial charge in [-0.05, 0) is 55.9 Å². The molecule has 0 radical (unpaired) electrons. The van der Waals surface area contributed by atoms with E-state index >= 15 is 0 Å². The topological polar surface area (TPSA) is 71.1 Å². The van der Waals surface area contributed by atoms with Gasteiger partial charge in [0.1, 0.15) is 11.5 Å². The first-order chi connectivity index (χ1) is 17.0. The summed E-state index contributed by atoms with van der Waals surface area (Å²) in [6, 6.07) is 14.0. The molecule has 2 aromatic rings. The fraction of sp³-hybridized carbons (Fsp3) is 0.500. The van der Waals surface area contributed by atoms with Crippen LogP contribution in [0, 0.1) is 12.8 Å². The van der Waals surface area contributed by atoms with Crippen LogP contribution in [0.25, 0.3) is 0 Å². The number of likely N-dealkylation sites (tertiary alicyclic amines) is 2. The van der Waals surface area contributed by atoms with Crippen molar-refractivity contribution in [1.29, 1.82) is 0 Å². The molecule has 2 heterocycles. The third-order valence-electron chi connectivity index (χ3n) is 7.34. The van der Waals surface area contributed by atoms with E-state index in [2.05, 4.69) is 41.4 Å². The van der Waals surface area contributed by atoms with Crippen LogP contribution in [0.4, 0.5) is 0 Å². The molecule has 1 N–H and O–H groups in total. The van der Waals surface area contributed by atoms with Gasteiger partial charge in [0, 0.05) is 56.3 Å². The molecule has 0 unspecified atom stereocenters. The van der Waals surface area contributed by atoms with E-state index in [0.29, 0.717) is 43.0 Å². The van der Waals surface area contributed by atoms with Gasteiger partial charge in [0.2, 0.25) is 5.91 Å². The number of hydrogen-bond donors (Lipinski definition) is 1. The zero-order valence-electron chi connectivity index (χ0n) is 21.1. The number of piperidine rings is 2. The normalized spacial score (nSPS) is 17.7. The van der Waals surface area contributed by atoms with Crippen LogP contribution < -0.4 is 14.8 Å². The Bertz CT molecular complexity index is 1000. The molecule has 2 amide bonds. The maximum atomic E-state index is 13.0. The first-order valence-electron chi connectivity index (χ1n) is 12.6. The van der Waals surface area contributed by atoms with Gasteiger partial charge >= 0.3 is 0 Å². The first kappa shape index (κ1) is 25.0. The van der Waals surface area contributed by atoms with Crippen LogP contribution in [-0.4, -0.2) is 68.1 Å². The highest BCUT2D eigenvalue weighted by atomic mass is 16.5. The van der Waals surface area contributed by atoms with Crippen molar-refractivity contribution in [2.75, 3.05) is 40.4 Å². The van der Waals surface area contributed by atoms with E-state index in [4.69, 9.17) is 9.47 Å². The van der Waals surface area contributed by atoms with Crippen molar-refractivity contribution in [1.82, 2.24) is 15.1 Å². The van der Waals surface area contributed by atoms with Gasteiger partial charge in [-0.1, -0.05) is 24.3 Å². The van der Waals surface area contributed by atoms with Gasteiger partial charge in [-0.2, -0.15) is 0 Å². The number of nitrogens with zero attached hydrogens (tertiary/aromatic N) is 2. The zero-order chi connectivity index (χ0) is 24.8. The minimum atomic E-state index is -0.0536. The molecule has 35 heavy (non-hydrogen) atoms. The summed E-state index contributed by atoms with van der Waals surface area (Å²) in [5.74, 6) is 1.22. The lowest BCUT2D eigenvalue weighted by molar-refractivity contribution is -0.127. The van der Waals surface area contributed by atoms with Gasteiger partial charge in [-0.15, -0.1) is 0 Å². The Hall–Kier alpha value is -3.06. The molecule has 7 heteroatoms. The summed E-state index contributed by atoms with van der Waals surface area (Å²) in [4.78, 5) is 30.3. The monoisotopic (exact) mass is 479 g/mol. The quantitative estimate of drug-likeness (QED) is 0.657. The molecule has 2 aromatic carbocycles. The molecule has 0 spiro atoms. The number of nitrogens with one attached hydrogen (secondary N) is 1. The van der Waals surface area contributed by atoms with Gasteiger partial charge in [0.25, 0.3) is 5.91 Å². The molecular weight excluding hydrogens is 442 g/mol. The second-order valence-corrected chi connectivity index (χ2v) is 9.65. The molecule has 2 aliphatic heterocycles. The van der Waals surface area contributed by atoms with Crippen LogP contribution in [0.1, 0.15) is 47.2 Å². The Morgan fingerprint density at radius 3 is 2.14 bits per heavy atom. The Morgan fingerprint density at radius 2 is 1.54 bits per heavy atom. The number of hydrogen-bond acceptors (Lipinski definition) is 5. The Labute approximate surface area is 208 Å². The fourth-order valence-electron chi connectivity index (χ4n) is 5.04. The van der Waals surface area contributed by atoms with E-state index < -0.39 is 0 Å². The lowest BCUT2D eigenvalue weighted by Crippen LogP contribution is -2.48. The second kappa shape index (κ2) is 11.6. The van der Waals surface area contributed by atoms with Crippen LogP contribution in [-0.2, 0) is 11.3 Å². The van der Waals surface area contributed by atoms with Crippen LogP contribution >= 0.6 is 0 Å². The first-order valence-corrected chi connectivity index (χ1v) is 12.6. The molecule has 0 aliphatic carbocycles. The molecule has 0 atom stereocenters. The number of carbonyl (C=O) groups excluding carboxylic acids is 2. The van der Waals surface area contributed by atoms with Crippen molar-refractivity contribution in [2.24, 2.45) is 5.92 Å². The number of carbonyl (C=O) groups is 2. The highest BCUT2D eigenvalue weighted by molar-refractivity contribution is 5.95. The summed E-state index contributed by atoms with van der Waals surface area (Å²) in [5, 5.41) is 3.29. The van der Waals surface area contributed by atoms with E-state index in [1.807, 2.05) is 4.90 Å². The molecule has 2 aliphatic rings. The van der Waals surface area contributed by atoms with Gasteiger partial charge < -0.3 is 19.7 Å². The van der Waals surface area contributed by atoms with Crippen molar-refractivity contribution in [3.8, 4) is 11.5 Å². The maximum absolute atomic E-state index is 13.0. The Balaban J connectivity index is 1.23. The molecule has 4 rings (SSSR count). The molecular formula is C28H37N3O4. The van der Waals surface area contributed by atoms with E-state index in [1.165, 1.54) is 11.1 Å². The summed E-state index contributed by atoms with van der Waals surface area (Å²) in [6.45, 7) is 6.27.